The molecule has 6 nitrogen and oxygen atoms in total. The lowest BCUT2D eigenvalue weighted by molar-refractivity contribution is 0.0561. The monoisotopic (exact) mass is 481 g/mol. The van der Waals surface area contributed by atoms with E-state index in [0.29, 0.717) is 60.0 Å². The Kier molecular flexibility index (Phi) is 7.07. The molecule has 1 amide bonds. The fourth-order valence-corrected chi connectivity index (χ4v) is 5.61. The van der Waals surface area contributed by atoms with Crippen LogP contribution in [0.1, 0.15) is 55.8 Å². The number of carbonyl (C=O) groups excluding carboxylic acids is 1. The molecule has 1 N–H and O–H groups in total. The van der Waals surface area contributed by atoms with Crippen LogP contribution in [0.25, 0.3) is 11.1 Å². The highest BCUT2D eigenvalue weighted by Crippen LogP contribution is 2.41. The van der Waals surface area contributed by atoms with Crippen molar-refractivity contribution in [2.45, 2.75) is 51.6 Å². The zero-order chi connectivity index (χ0) is 24.4. The van der Waals surface area contributed by atoms with Gasteiger partial charge in [-0.2, -0.15) is 0 Å². The fraction of sp³-hybridized carbons (Fsp3) is 0.571. The molecular weight excluding hydrogens is 445 g/mol. The summed E-state index contributed by atoms with van der Waals surface area (Å²) in [4.78, 5) is 21.1. The summed E-state index contributed by atoms with van der Waals surface area (Å²) in [7, 11) is 0. The second kappa shape index (κ2) is 10.2. The maximum Gasteiger partial charge on any atom is 0.254 e. The Bertz CT molecular complexity index is 1030. The molecule has 1 aromatic heterocycles. The van der Waals surface area contributed by atoms with Gasteiger partial charge >= 0.3 is 0 Å². The molecule has 0 bridgehead atoms. The number of hydrogen-bond donors (Lipinski definition) is 1. The quantitative estimate of drug-likeness (QED) is 0.636. The lowest BCUT2D eigenvalue weighted by atomic mass is 9.70. The third-order valence-corrected chi connectivity index (χ3v) is 8.05. The molecule has 35 heavy (non-hydrogen) atoms. The Balaban J connectivity index is 1.12. The van der Waals surface area contributed by atoms with Crippen LogP contribution in [0.15, 0.2) is 36.5 Å². The van der Waals surface area contributed by atoms with Crippen molar-refractivity contribution >= 4 is 5.91 Å². The number of pyridine rings is 1. The molecule has 0 spiro atoms. The zero-order valence-electron chi connectivity index (χ0n) is 20.6. The third-order valence-electron chi connectivity index (χ3n) is 8.05. The molecule has 1 atom stereocenters. The van der Waals surface area contributed by atoms with E-state index in [1.807, 2.05) is 0 Å². The molecule has 0 radical (unpaired) electrons. The zero-order valence-corrected chi connectivity index (χ0v) is 20.6. The van der Waals surface area contributed by atoms with Gasteiger partial charge in [0.05, 0.1) is 12.7 Å². The van der Waals surface area contributed by atoms with Crippen LogP contribution in [0.4, 0.5) is 4.39 Å². The number of aliphatic hydroxyl groups excluding tert-OH is 1. The highest BCUT2D eigenvalue weighted by Gasteiger charge is 2.34. The number of nitrogens with zero attached hydrogens (tertiary/aromatic N) is 3. The molecule has 188 valence electrons. The van der Waals surface area contributed by atoms with E-state index in [9.17, 15) is 14.3 Å². The standard InChI is InChI=1S/C28H36FN3O3/c1-28(10-2-11-28)19-31-12-7-20(8-13-31)18-35-26-6-4-22(16-30-26)24-5-3-21(15-25(24)29)27(34)32-14-9-23(33)17-32/h3-6,15-16,20,23,33H,2,7-14,17-19H2,1H3/t23-/m0/s1. The summed E-state index contributed by atoms with van der Waals surface area (Å²) in [5.74, 6) is 0.379. The number of aliphatic hydroxyl groups is 1. The Morgan fingerprint density at radius 2 is 1.97 bits per heavy atom. The Morgan fingerprint density at radius 3 is 2.57 bits per heavy atom. The van der Waals surface area contributed by atoms with E-state index in [1.54, 1.807) is 35.4 Å². The average molecular weight is 482 g/mol. The van der Waals surface area contributed by atoms with Gasteiger partial charge in [0.2, 0.25) is 5.88 Å². The minimum Gasteiger partial charge on any atom is -0.477 e. The topological polar surface area (TPSA) is 65.9 Å². The molecule has 3 aliphatic rings. The summed E-state index contributed by atoms with van der Waals surface area (Å²) < 4.78 is 20.8. The number of amides is 1. The fourth-order valence-electron chi connectivity index (χ4n) is 5.61. The van der Waals surface area contributed by atoms with Crippen molar-refractivity contribution in [2.24, 2.45) is 11.3 Å². The first-order chi connectivity index (χ1) is 16.9. The molecule has 5 rings (SSSR count). The molecule has 2 aliphatic heterocycles. The van der Waals surface area contributed by atoms with Crippen LogP contribution >= 0.6 is 0 Å². The van der Waals surface area contributed by atoms with Gasteiger partial charge < -0.3 is 19.6 Å². The molecule has 3 heterocycles. The normalized spacial score (nSPS) is 22.7. The number of benzene rings is 1. The first kappa shape index (κ1) is 24.2. The van der Waals surface area contributed by atoms with Gasteiger partial charge in [0, 0.05) is 48.6 Å². The maximum absolute atomic E-state index is 14.8. The summed E-state index contributed by atoms with van der Waals surface area (Å²) in [5.41, 5.74) is 1.88. The molecule has 2 aromatic rings. The van der Waals surface area contributed by atoms with Gasteiger partial charge in [-0.05, 0) is 74.7 Å². The molecule has 1 aliphatic carbocycles. The molecule has 0 unspecified atom stereocenters. The van der Waals surface area contributed by atoms with Crippen molar-refractivity contribution in [3.8, 4) is 17.0 Å². The van der Waals surface area contributed by atoms with E-state index in [4.69, 9.17) is 4.74 Å². The molecule has 3 fully saturated rings. The van der Waals surface area contributed by atoms with E-state index < -0.39 is 11.9 Å². The number of ether oxygens (including phenoxy) is 1. The van der Waals surface area contributed by atoms with E-state index in [2.05, 4.69) is 16.8 Å². The first-order valence-electron chi connectivity index (χ1n) is 13.0. The number of halogens is 1. The molecular formula is C28H36FN3O3. The molecule has 1 aromatic carbocycles. The van der Waals surface area contributed by atoms with Crippen LogP contribution in [0, 0.1) is 17.2 Å². The van der Waals surface area contributed by atoms with E-state index >= 15 is 0 Å². The van der Waals surface area contributed by atoms with Crippen molar-refractivity contribution in [1.82, 2.24) is 14.8 Å². The van der Waals surface area contributed by atoms with Gasteiger partial charge in [-0.1, -0.05) is 19.4 Å². The van der Waals surface area contributed by atoms with E-state index in [0.717, 1.165) is 25.9 Å². The van der Waals surface area contributed by atoms with Crippen LogP contribution in [-0.2, 0) is 0 Å². The maximum atomic E-state index is 14.8. The summed E-state index contributed by atoms with van der Waals surface area (Å²) >= 11 is 0. The number of piperidine rings is 1. The number of rotatable bonds is 7. The van der Waals surface area contributed by atoms with Gasteiger partial charge in [0.15, 0.2) is 0 Å². The van der Waals surface area contributed by atoms with Gasteiger partial charge in [-0.25, -0.2) is 9.37 Å². The lowest BCUT2D eigenvalue weighted by Crippen LogP contribution is -2.44. The number of β-amino-alcohol motifs (C(OH)–C–C–N with tert-alkyl or cyclic N) is 1. The second-order valence-electron chi connectivity index (χ2n) is 11.0. The largest absolute Gasteiger partial charge is 0.477 e. The van der Waals surface area contributed by atoms with Gasteiger partial charge in [-0.3, -0.25) is 4.79 Å². The Labute approximate surface area is 207 Å². The number of carbonyl (C=O) groups is 1. The first-order valence-corrected chi connectivity index (χ1v) is 13.0. The second-order valence-corrected chi connectivity index (χ2v) is 11.0. The SMILES string of the molecule is CC1(CN2CCC(COc3ccc(-c4ccc(C(=O)N5CC[C@H](O)C5)cc4F)cn3)CC2)CCC1. The molecule has 1 saturated carbocycles. The Morgan fingerprint density at radius 1 is 1.17 bits per heavy atom. The number of hydrogen-bond acceptors (Lipinski definition) is 5. The van der Waals surface area contributed by atoms with Crippen LogP contribution in [0.3, 0.4) is 0 Å². The average Bonchev–Trinajstić information content (AvgIpc) is 3.29. The minimum absolute atomic E-state index is 0.253. The Hall–Kier alpha value is -2.51. The summed E-state index contributed by atoms with van der Waals surface area (Å²) in [6, 6.07) is 8.11. The van der Waals surface area contributed by atoms with Gasteiger partial charge in [0.1, 0.15) is 5.82 Å². The van der Waals surface area contributed by atoms with Crippen molar-refractivity contribution in [3.05, 3.63) is 47.9 Å². The summed E-state index contributed by atoms with van der Waals surface area (Å²) in [5, 5.41) is 9.65. The summed E-state index contributed by atoms with van der Waals surface area (Å²) in [6.07, 6.45) is 8.11. The van der Waals surface area contributed by atoms with Gasteiger partial charge in [0.25, 0.3) is 5.91 Å². The highest BCUT2D eigenvalue weighted by atomic mass is 19.1. The minimum atomic E-state index is -0.497. The predicted molar refractivity (Wildman–Crippen MR) is 133 cm³/mol. The van der Waals surface area contributed by atoms with Crippen molar-refractivity contribution < 1.29 is 19.0 Å². The lowest BCUT2D eigenvalue weighted by Gasteiger charge is -2.44. The van der Waals surface area contributed by atoms with Crippen LogP contribution < -0.4 is 4.74 Å². The van der Waals surface area contributed by atoms with Crippen molar-refractivity contribution in [1.29, 1.82) is 0 Å². The number of likely N-dealkylation sites (tertiary alicyclic amines) is 2. The van der Waals surface area contributed by atoms with Crippen molar-refractivity contribution in [2.75, 3.05) is 39.3 Å². The highest BCUT2D eigenvalue weighted by molar-refractivity contribution is 5.95. The van der Waals surface area contributed by atoms with E-state index in [1.165, 1.54) is 31.9 Å². The third kappa shape index (κ3) is 5.67. The van der Waals surface area contributed by atoms with Crippen LogP contribution in [-0.4, -0.2) is 71.2 Å². The van der Waals surface area contributed by atoms with Gasteiger partial charge in [-0.15, -0.1) is 0 Å². The van der Waals surface area contributed by atoms with Crippen LogP contribution in [0.2, 0.25) is 0 Å². The smallest absolute Gasteiger partial charge is 0.254 e. The predicted octanol–water partition coefficient (Wildman–Crippen LogP) is 4.38. The summed E-state index contributed by atoms with van der Waals surface area (Å²) in [6.45, 7) is 7.39. The molecule has 2 saturated heterocycles. The van der Waals surface area contributed by atoms with E-state index in [-0.39, 0.29) is 5.91 Å². The van der Waals surface area contributed by atoms with Crippen LogP contribution in [0.5, 0.6) is 5.88 Å². The van der Waals surface area contributed by atoms with Crippen molar-refractivity contribution in [3.63, 3.8) is 0 Å². The number of aromatic nitrogens is 1. The molecule has 7 heteroatoms.